The van der Waals surface area contributed by atoms with E-state index >= 15 is 23.6 Å². The molecule has 1 saturated heterocycles. The summed E-state index contributed by atoms with van der Waals surface area (Å²) >= 11 is 3.12. The molecular formula is C72H88F2N16O11S2. The van der Waals surface area contributed by atoms with Gasteiger partial charge in [-0.1, -0.05) is 38.1 Å². The van der Waals surface area contributed by atoms with Crippen LogP contribution in [0.25, 0.3) is 32.8 Å². The van der Waals surface area contributed by atoms with E-state index in [1.165, 1.54) is 84.9 Å². The summed E-state index contributed by atoms with van der Waals surface area (Å²) in [6, 6.07) is 8.31. The first-order valence-electron chi connectivity index (χ1n) is 34.4. The topological polar surface area (TPSA) is 405 Å². The molecule has 103 heavy (non-hydrogen) atoms. The van der Waals surface area contributed by atoms with Crippen LogP contribution in [-0.2, 0) is 85.1 Å². The Kier molecular flexibility index (Phi) is 27.4. The predicted molar refractivity (Wildman–Crippen MR) is 387 cm³/mol. The molecule has 5 aromatic heterocycles. The van der Waals surface area contributed by atoms with Crippen LogP contribution in [0.3, 0.4) is 0 Å². The van der Waals surface area contributed by atoms with Crippen LogP contribution < -0.4 is 48.3 Å². The van der Waals surface area contributed by atoms with Crippen LogP contribution in [0.2, 0.25) is 0 Å². The van der Waals surface area contributed by atoms with Gasteiger partial charge in [-0.15, -0.1) is 0 Å². The Labute approximate surface area is 601 Å². The van der Waals surface area contributed by atoms with E-state index in [2.05, 4.69) is 78.5 Å². The predicted octanol–water partition coefficient (Wildman–Crippen LogP) is 4.91. The van der Waals surface area contributed by atoms with E-state index in [1.807, 2.05) is 32.0 Å². The highest BCUT2D eigenvalue weighted by molar-refractivity contribution is 7.98. The van der Waals surface area contributed by atoms with Crippen molar-refractivity contribution in [3.8, 4) is 0 Å². The molecule has 0 saturated carbocycles. The lowest BCUT2D eigenvalue weighted by Gasteiger charge is -2.36. The second-order valence-corrected chi connectivity index (χ2v) is 27.7. The highest BCUT2D eigenvalue weighted by atomic mass is 32.2. The smallest absolute Gasteiger partial charge is 0.305 e. The number of carboxylic acids is 1. The number of fused-ring (bicyclic) bond motifs is 6. The van der Waals surface area contributed by atoms with Crippen LogP contribution in [0.5, 0.6) is 0 Å². The lowest BCUT2D eigenvalue weighted by atomic mass is 9.95. The summed E-state index contributed by atoms with van der Waals surface area (Å²) in [6.45, 7) is 7.76. The number of carboxylic acid groups (broad SMARTS) is 1. The number of nitrogens with one attached hydrogen (secondary N) is 12. The molecule has 27 nitrogen and oxygen atoms in total. The molecule has 8 aromatic rings. The number of pyridine rings is 1. The molecule has 1 fully saturated rings. The van der Waals surface area contributed by atoms with Gasteiger partial charge in [0.2, 0.25) is 53.2 Å². The highest BCUT2D eigenvalue weighted by Crippen LogP contribution is 2.32. The third-order valence-electron chi connectivity index (χ3n) is 18.1. The van der Waals surface area contributed by atoms with Crippen molar-refractivity contribution in [2.75, 3.05) is 31.1 Å². The number of aromatic nitrogens is 6. The van der Waals surface area contributed by atoms with Crippen molar-refractivity contribution < 1.29 is 61.8 Å². The van der Waals surface area contributed by atoms with Gasteiger partial charge in [-0.05, 0) is 129 Å². The van der Waals surface area contributed by atoms with E-state index in [-0.39, 0.29) is 56.1 Å². The van der Waals surface area contributed by atoms with Gasteiger partial charge in [0.1, 0.15) is 65.1 Å². The van der Waals surface area contributed by atoms with Gasteiger partial charge in [0, 0.05) is 132 Å². The minimum Gasteiger partial charge on any atom is -0.481 e. The Morgan fingerprint density at radius 3 is 1.82 bits per heavy atom. The zero-order chi connectivity index (χ0) is 73.7. The molecular weight excluding hydrogens is 1370 g/mol. The van der Waals surface area contributed by atoms with Crippen LogP contribution in [0.4, 0.5) is 8.78 Å². The normalized spacial score (nSPS) is 22.5. The second-order valence-electron chi connectivity index (χ2n) is 25.5. The number of imidazole rings is 1. The third-order valence-corrected chi connectivity index (χ3v) is 20.1. The summed E-state index contributed by atoms with van der Waals surface area (Å²) in [6.07, 6.45) is 8.46. The van der Waals surface area contributed by atoms with Crippen LogP contribution in [0, 0.1) is 11.6 Å². The molecule has 2 aliphatic heterocycles. The zero-order valence-corrected chi connectivity index (χ0v) is 59.3. The Morgan fingerprint density at radius 2 is 1.19 bits per heavy atom. The fourth-order valence-corrected chi connectivity index (χ4v) is 14.3. The third kappa shape index (κ3) is 20.6. The summed E-state index contributed by atoms with van der Waals surface area (Å²) in [7, 11) is 0. The van der Waals surface area contributed by atoms with Crippen LogP contribution in [0.15, 0.2) is 110 Å². The van der Waals surface area contributed by atoms with Crippen molar-refractivity contribution in [2.45, 2.75) is 158 Å². The van der Waals surface area contributed by atoms with E-state index in [1.54, 1.807) is 43.2 Å². The van der Waals surface area contributed by atoms with E-state index in [4.69, 9.17) is 5.73 Å². The number of amides is 9. The number of H-pyrrole nitrogens is 4. The van der Waals surface area contributed by atoms with Gasteiger partial charge in [0.25, 0.3) is 0 Å². The van der Waals surface area contributed by atoms with Gasteiger partial charge in [0.05, 0.1) is 12.7 Å². The van der Waals surface area contributed by atoms with Gasteiger partial charge < -0.3 is 78.2 Å². The molecule has 15 N–H and O–H groups in total. The first-order valence-corrected chi connectivity index (χ1v) is 36.7. The Balaban J connectivity index is 0.00000611. The van der Waals surface area contributed by atoms with Gasteiger partial charge >= 0.3 is 5.97 Å². The number of carbonyl (C=O) groups is 10. The Bertz CT molecular complexity index is 4320. The molecule has 0 aliphatic carbocycles. The fourth-order valence-electron chi connectivity index (χ4n) is 12.6. The second kappa shape index (κ2) is 36.6. The number of thioether (sulfide) groups is 2. The first kappa shape index (κ1) is 77.0. The standard InChI is InChI=1S/C70H82F2N16O11S2.C2H6/c1-39-62(92)83-54(25-43-32-77-51-14-12-45(71)28-49(43)51)64(94)84-55(26-44-33-78-52-15-13-46(72)29-50(44)52)65(95)86-57(31-60(90)91)67(97)85-56(30-47-35-74-38-80-47)66(96)87-58(27-42-34-79-61-48(42)10-6-19-75-61)68(98)88-21-7-17-70(88,2)69(99)76-20-23-101-37-41-9-5-8-40(24-41)36-100-22-16-59(89)82-53(63(93)81-39)11-3-4-18-73;1-2/h5-6,8-10,12-15,19,24,28-29,32-35,38-39,53-58,77-78H,3-4,7,11,16-18,20-23,25-27,30-31,36-37,73H2,1-2H3,(H,74,80)(H,75,79)(H,76,99)(H,81,93)(H,82,89)(H,83,92)(H,84,94)(H,85,97)(H,86,95)(H,87,96)(H,90,91);1-2H3/t39-,53+,54+,55+,56+,57+,58+,70+;/m1./s1. The molecule has 0 radical (unpaired) electrons. The Hall–Kier alpha value is -10.1. The minimum atomic E-state index is -2.01. The first-order chi connectivity index (χ1) is 49.6. The van der Waals surface area contributed by atoms with Crippen molar-refractivity contribution in [1.82, 2.24) is 77.3 Å². The molecule has 0 spiro atoms. The number of rotatable bonds is 14. The Morgan fingerprint density at radius 1 is 0.631 bits per heavy atom. The van der Waals surface area contributed by atoms with E-state index < -0.39 is 131 Å². The molecule has 9 amide bonds. The van der Waals surface area contributed by atoms with Crippen LogP contribution in [-0.4, -0.2) is 178 Å². The number of nitrogens with zero attached hydrogens (tertiary/aromatic N) is 3. The average molecular weight is 1460 g/mol. The molecule has 2 bridgehead atoms. The van der Waals surface area contributed by atoms with Crippen LogP contribution in [0.1, 0.15) is 106 Å². The van der Waals surface area contributed by atoms with E-state index in [0.29, 0.717) is 99.5 Å². The molecule has 2 aliphatic rings. The number of carbonyl (C=O) groups excluding carboxylic acids is 9. The number of aromatic amines is 4. The monoisotopic (exact) mass is 1450 g/mol. The van der Waals surface area contributed by atoms with Gasteiger partial charge in [-0.25, -0.2) is 18.7 Å². The maximum Gasteiger partial charge on any atom is 0.305 e. The number of nitrogens with two attached hydrogens (primary N) is 1. The van der Waals surface area contributed by atoms with Gasteiger partial charge in [0.15, 0.2) is 0 Å². The summed E-state index contributed by atoms with van der Waals surface area (Å²) in [5.41, 5.74) is 9.36. The van der Waals surface area contributed by atoms with Gasteiger partial charge in [-0.3, -0.25) is 47.9 Å². The molecule has 10 rings (SSSR count). The van der Waals surface area contributed by atoms with Crippen LogP contribution >= 0.6 is 23.5 Å². The summed E-state index contributed by atoms with van der Waals surface area (Å²) < 4.78 is 29.9. The fraction of sp³-hybridized carbons (Fsp3) is 0.417. The van der Waals surface area contributed by atoms with Gasteiger partial charge in [-0.2, -0.15) is 23.5 Å². The van der Waals surface area contributed by atoms with Crippen molar-refractivity contribution >= 4 is 115 Å². The van der Waals surface area contributed by atoms with Crippen molar-refractivity contribution in [1.29, 1.82) is 0 Å². The molecule has 8 atom stereocenters. The summed E-state index contributed by atoms with van der Waals surface area (Å²) in [5, 5.41) is 33.4. The summed E-state index contributed by atoms with van der Waals surface area (Å²) in [5.74, 6) is -8.11. The zero-order valence-electron chi connectivity index (χ0n) is 57.7. The van der Waals surface area contributed by atoms with Crippen molar-refractivity contribution in [3.63, 3.8) is 0 Å². The van der Waals surface area contributed by atoms with E-state index in [0.717, 1.165) is 11.1 Å². The highest BCUT2D eigenvalue weighted by Gasteiger charge is 2.48. The van der Waals surface area contributed by atoms with Crippen molar-refractivity contribution in [2.24, 2.45) is 5.73 Å². The largest absolute Gasteiger partial charge is 0.481 e. The number of unbranched alkanes of at least 4 members (excludes halogenated alkanes) is 1. The lowest BCUT2D eigenvalue weighted by Crippen LogP contribution is -2.62. The maximum atomic E-state index is 15.3. The maximum absolute atomic E-state index is 15.3. The molecule has 0 unspecified atom stereocenters. The minimum absolute atomic E-state index is 0.0545. The quantitative estimate of drug-likeness (QED) is 0.0643. The SMILES string of the molecule is CC.C[C@H]1NC(=O)[C@H](CCCCN)NC(=O)CCSCc2cccc(c2)CSCCNC(=O)[C@]2(C)CCCN2C(=O)[C@H](Cc2c[nH]c3ncccc23)NC(=O)[C@H](Cc2cnc[nH]2)NC(=O)[C@H](CC(=O)O)NC(=O)[C@H](Cc2c[nH]c3ccc(F)cc23)NC(=O)[C@H](Cc2c[nH]c3ccc(F)cc23)NC1=O. The van der Waals surface area contributed by atoms with E-state index in [9.17, 15) is 38.3 Å². The number of hydrogen-bond acceptors (Lipinski definition) is 15. The molecule has 7 heterocycles. The number of aliphatic carboxylic acids is 1. The number of halogens is 2. The molecule has 31 heteroatoms. The molecule has 548 valence electrons. The number of hydrogen-bond donors (Lipinski definition) is 14. The van der Waals surface area contributed by atoms with Crippen molar-refractivity contribution in [3.05, 3.63) is 155 Å². The summed E-state index contributed by atoms with van der Waals surface area (Å²) in [4.78, 5) is 167. The molecule has 3 aromatic carbocycles. The number of benzene rings is 3. The lowest BCUT2D eigenvalue weighted by molar-refractivity contribution is -0.146. The average Bonchev–Trinajstić information content (AvgIpc) is 1.67.